The number of piperazine rings is 1. The monoisotopic (exact) mass is 650 g/mol. The summed E-state index contributed by atoms with van der Waals surface area (Å²) in [4.78, 5) is 33.8. The zero-order chi connectivity index (χ0) is 31.4. The first-order valence-corrected chi connectivity index (χ1v) is 15.5. The van der Waals surface area contributed by atoms with E-state index in [1.807, 2.05) is 31.1 Å². The molecule has 228 valence electrons. The van der Waals surface area contributed by atoms with Crippen molar-refractivity contribution in [2.45, 2.75) is 65.1 Å². The number of pyridine rings is 1. The number of hydrogen-bond donors (Lipinski definition) is 0. The Bertz CT molecular complexity index is 1630. The van der Waals surface area contributed by atoms with Gasteiger partial charge in [0.05, 0.1) is 11.6 Å². The Balaban J connectivity index is 1.88. The minimum atomic E-state index is -0.367. The standard InChI is InChI=1S/C32H40BrFN8O/c1-8-20(4)29(33)37-31(39(5)6)28(21-11-13-22(34)14-12-21)41-18-25(10-3)42(19-24(41)9-2)30-27-26(40(7)32(43)38-30)16-15-23(17-35)36-27/h11-16,24-25,28H,8-10,18-19H2,1-7H3/b29-20-,37-31-/t24-,25?,28?/m1/s1. The quantitative estimate of drug-likeness (QED) is 0.174. The van der Waals surface area contributed by atoms with Crippen molar-refractivity contribution in [2.24, 2.45) is 12.0 Å². The Morgan fingerprint density at radius 1 is 1.12 bits per heavy atom. The lowest BCUT2D eigenvalue weighted by molar-refractivity contribution is 0.117. The molecule has 3 atom stereocenters. The van der Waals surface area contributed by atoms with Gasteiger partial charge >= 0.3 is 5.69 Å². The molecular formula is C32H40BrFN8O. The second-order valence-electron chi connectivity index (χ2n) is 11.2. The fourth-order valence-corrected chi connectivity index (χ4v) is 6.08. The predicted octanol–water partition coefficient (Wildman–Crippen LogP) is 5.76. The minimum absolute atomic E-state index is 0.0131. The summed E-state index contributed by atoms with van der Waals surface area (Å²) in [7, 11) is 5.64. The average Bonchev–Trinajstić information content (AvgIpc) is 3.01. The van der Waals surface area contributed by atoms with Crippen molar-refractivity contribution in [3.05, 3.63) is 74.1 Å². The van der Waals surface area contributed by atoms with Crippen molar-refractivity contribution >= 4 is 38.6 Å². The van der Waals surface area contributed by atoms with Gasteiger partial charge in [0.15, 0.2) is 5.82 Å². The molecule has 0 radical (unpaired) electrons. The highest BCUT2D eigenvalue weighted by molar-refractivity contribution is 9.11. The van der Waals surface area contributed by atoms with Crippen LogP contribution in [0.5, 0.6) is 0 Å². The number of halogens is 2. The summed E-state index contributed by atoms with van der Waals surface area (Å²) in [6, 6.07) is 12.0. The van der Waals surface area contributed by atoms with E-state index in [0.717, 1.165) is 40.8 Å². The molecule has 0 aliphatic carbocycles. The summed E-state index contributed by atoms with van der Waals surface area (Å²) in [5.74, 6) is 1.06. The van der Waals surface area contributed by atoms with Crippen molar-refractivity contribution in [3.63, 3.8) is 0 Å². The highest BCUT2D eigenvalue weighted by Crippen LogP contribution is 2.35. The van der Waals surface area contributed by atoms with Crippen LogP contribution in [-0.4, -0.2) is 69.4 Å². The molecule has 43 heavy (non-hydrogen) atoms. The van der Waals surface area contributed by atoms with Gasteiger partial charge in [0.2, 0.25) is 0 Å². The van der Waals surface area contributed by atoms with E-state index in [1.165, 1.54) is 16.7 Å². The third-order valence-electron chi connectivity index (χ3n) is 8.32. The summed E-state index contributed by atoms with van der Waals surface area (Å²) in [6.07, 6.45) is 2.46. The van der Waals surface area contributed by atoms with E-state index in [4.69, 9.17) is 4.99 Å². The van der Waals surface area contributed by atoms with Crippen LogP contribution in [0.25, 0.3) is 11.0 Å². The van der Waals surface area contributed by atoms with E-state index in [0.29, 0.717) is 29.9 Å². The molecule has 2 unspecified atom stereocenters. The average molecular weight is 652 g/mol. The molecule has 0 saturated carbocycles. The van der Waals surface area contributed by atoms with E-state index in [-0.39, 0.29) is 35.3 Å². The number of amidine groups is 1. The van der Waals surface area contributed by atoms with Crippen LogP contribution >= 0.6 is 15.9 Å². The molecule has 1 saturated heterocycles. The van der Waals surface area contributed by atoms with Gasteiger partial charge in [0.1, 0.15) is 33.5 Å². The molecule has 11 heteroatoms. The third kappa shape index (κ3) is 6.65. The maximum atomic E-state index is 14.1. The first-order chi connectivity index (χ1) is 20.5. The smallest absolute Gasteiger partial charge is 0.349 e. The molecule has 9 nitrogen and oxygen atoms in total. The largest absolute Gasteiger partial charge is 0.365 e. The van der Waals surface area contributed by atoms with Gasteiger partial charge in [-0.3, -0.25) is 9.47 Å². The molecule has 0 spiro atoms. The number of fused-ring (bicyclic) bond motifs is 1. The second-order valence-corrected chi connectivity index (χ2v) is 11.9. The van der Waals surface area contributed by atoms with Crippen LogP contribution < -0.4 is 10.6 Å². The maximum Gasteiger partial charge on any atom is 0.349 e. The van der Waals surface area contributed by atoms with Crippen LogP contribution in [0.4, 0.5) is 10.2 Å². The lowest BCUT2D eigenvalue weighted by Crippen LogP contribution is -2.61. The van der Waals surface area contributed by atoms with Crippen LogP contribution in [0.1, 0.15) is 64.3 Å². The first-order valence-electron chi connectivity index (χ1n) is 14.7. The SMILES string of the molecule is CC/C(C)=C(Br)\N=C(\C(c1ccc(F)cc1)N1CC(CC)N(c2nc(=O)n(C)c3ccc(C#N)nc23)C[C@H]1CC)N(C)C. The normalized spacial score (nSPS) is 19.3. The Kier molecular flexibility index (Phi) is 10.4. The van der Waals surface area contributed by atoms with Crippen molar-refractivity contribution in [3.8, 4) is 6.07 Å². The summed E-state index contributed by atoms with van der Waals surface area (Å²) in [6.45, 7) is 9.66. The molecule has 3 aromatic rings. The fourth-order valence-electron chi connectivity index (χ4n) is 5.61. The van der Waals surface area contributed by atoms with E-state index in [2.05, 4.69) is 69.5 Å². The van der Waals surface area contributed by atoms with Gasteiger partial charge in [-0.2, -0.15) is 10.2 Å². The zero-order valence-electron chi connectivity index (χ0n) is 26.0. The Morgan fingerprint density at radius 2 is 1.79 bits per heavy atom. The van der Waals surface area contributed by atoms with Crippen molar-refractivity contribution < 1.29 is 4.39 Å². The van der Waals surface area contributed by atoms with Gasteiger partial charge in [0, 0.05) is 46.3 Å². The number of aromatic nitrogens is 3. The van der Waals surface area contributed by atoms with Crippen molar-refractivity contribution in [1.29, 1.82) is 5.26 Å². The molecule has 1 aliphatic rings. The first kappa shape index (κ1) is 32.3. The Labute approximate surface area is 261 Å². The maximum absolute atomic E-state index is 14.1. The van der Waals surface area contributed by atoms with Gasteiger partial charge < -0.3 is 9.80 Å². The molecule has 3 heterocycles. The highest BCUT2D eigenvalue weighted by Gasteiger charge is 2.40. The fraction of sp³-hybridized carbons (Fsp3) is 0.469. The molecule has 0 N–H and O–H groups in total. The Morgan fingerprint density at radius 3 is 2.37 bits per heavy atom. The van der Waals surface area contributed by atoms with Crippen molar-refractivity contribution in [1.82, 2.24) is 24.3 Å². The highest BCUT2D eigenvalue weighted by atomic mass is 79.9. The van der Waals surface area contributed by atoms with Gasteiger partial charge in [-0.05, 0) is 77.5 Å². The number of nitrogens with zero attached hydrogens (tertiary/aromatic N) is 8. The van der Waals surface area contributed by atoms with Gasteiger partial charge in [-0.15, -0.1) is 0 Å². The summed E-state index contributed by atoms with van der Waals surface area (Å²) < 4.78 is 16.4. The van der Waals surface area contributed by atoms with Crippen molar-refractivity contribution in [2.75, 3.05) is 32.1 Å². The Hall–Kier alpha value is -3.62. The molecule has 0 bridgehead atoms. The zero-order valence-corrected chi connectivity index (χ0v) is 27.6. The minimum Gasteiger partial charge on any atom is -0.365 e. The summed E-state index contributed by atoms with van der Waals surface area (Å²) >= 11 is 3.70. The number of rotatable bonds is 8. The number of benzene rings is 1. The molecule has 1 aromatic carbocycles. The van der Waals surface area contributed by atoms with E-state index in [1.54, 1.807) is 19.2 Å². The van der Waals surface area contributed by atoms with E-state index < -0.39 is 0 Å². The second kappa shape index (κ2) is 13.8. The molecule has 0 amide bonds. The van der Waals surface area contributed by atoms with Crippen LogP contribution in [0.2, 0.25) is 0 Å². The van der Waals surface area contributed by atoms with Gasteiger partial charge in [-0.1, -0.05) is 32.9 Å². The van der Waals surface area contributed by atoms with E-state index >= 15 is 0 Å². The molecule has 1 aliphatic heterocycles. The lowest BCUT2D eigenvalue weighted by Gasteiger charge is -2.50. The number of aliphatic imine (C=N–C) groups is 1. The number of likely N-dealkylation sites (N-methyl/N-ethyl adjacent to an activating group) is 1. The van der Waals surface area contributed by atoms with Crippen LogP contribution in [0.3, 0.4) is 0 Å². The molecule has 4 rings (SSSR count). The third-order valence-corrected chi connectivity index (χ3v) is 9.17. The van der Waals surface area contributed by atoms with Gasteiger partial charge in [0.25, 0.3) is 0 Å². The van der Waals surface area contributed by atoms with Gasteiger partial charge in [-0.25, -0.2) is 19.2 Å². The molecule has 2 aromatic heterocycles. The molecule has 1 fully saturated rings. The van der Waals surface area contributed by atoms with Crippen LogP contribution in [0, 0.1) is 17.1 Å². The lowest BCUT2D eigenvalue weighted by atomic mass is 9.95. The topological polar surface area (TPSA) is 93.6 Å². The van der Waals surface area contributed by atoms with Crippen LogP contribution in [-0.2, 0) is 7.05 Å². The number of nitriles is 1. The molecular weight excluding hydrogens is 611 g/mol. The van der Waals surface area contributed by atoms with Crippen LogP contribution in [0.15, 0.2) is 56.4 Å². The summed E-state index contributed by atoms with van der Waals surface area (Å²) in [5, 5.41) is 9.56. The predicted molar refractivity (Wildman–Crippen MR) is 174 cm³/mol. The number of allylic oxidation sites excluding steroid dienone is 1. The number of aryl methyl sites for hydroxylation is 1. The summed E-state index contributed by atoms with van der Waals surface area (Å²) in [5.41, 5.74) is 3.16. The number of anilines is 1. The number of hydrogen-bond acceptors (Lipinski definition) is 7. The van der Waals surface area contributed by atoms with E-state index in [9.17, 15) is 14.4 Å².